The molecule has 1 unspecified atom stereocenters. The van der Waals surface area contributed by atoms with Gasteiger partial charge in [-0.25, -0.2) is 0 Å². The molecule has 0 fully saturated rings. The second kappa shape index (κ2) is 5.17. The van der Waals surface area contributed by atoms with Gasteiger partial charge in [0.25, 0.3) is 0 Å². The molecule has 2 nitrogen and oxygen atoms in total. The number of ether oxygens (including phenoxy) is 1. The molecule has 0 N–H and O–H groups in total. The summed E-state index contributed by atoms with van der Waals surface area (Å²) in [7, 11) is 0. The predicted molar refractivity (Wildman–Crippen MR) is 50.6 cm³/mol. The molecule has 0 radical (unpaired) electrons. The molecule has 0 saturated carbocycles. The topological polar surface area (TPSA) is 26.3 Å². The van der Waals surface area contributed by atoms with Gasteiger partial charge in [-0.2, -0.15) is 8.78 Å². The predicted octanol–water partition coefficient (Wildman–Crippen LogP) is 2.83. The summed E-state index contributed by atoms with van der Waals surface area (Å²) >= 11 is 2.73. The van der Waals surface area contributed by atoms with E-state index < -0.39 is 17.4 Å². The van der Waals surface area contributed by atoms with Gasteiger partial charge in [0.1, 0.15) is 0 Å². The maximum atomic E-state index is 11.8. The molecular weight excluding hydrogens is 258 g/mol. The average molecular weight is 265 g/mol. The molecule has 0 aliphatic rings. The van der Waals surface area contributed by atoms with Gasteiger partial charge in [0.15, 0.2) is 5.01 Å². The summed E-state index contributed by atoms with van der Waals surface area (Å²) in [5, 5.41) is -1.30. The van der Waals surface area contributed by atoms with Crippen LogP contribution in [0, 0.1) is 0 Å². The first-order valence-corrected chi connectivity index (χ1v) is 4.70. The summed E-state index contributed by atoms with van der Waals surface area (Å²) in [6.45, 7) is -2.97. The van der Waals surface area contributed by atoms with Crippen molar-refractivity contribution in [2.45, 2.75) is 11.6 Å². The van der Waals surface area contributed by atoms with Gasteiger partial charge in [-0.3, -0.25) is 9.53 Å². The van der Waals surface area contributed by atoms with E-state index in [1.807, 2.05) is 0 Å². The number of hydrogen-bond acceptors (Lipinski definition) is 2. The van der Waals surface area contributed by atoms with Crippen LogP contribution in [0.15, 0.2) is 30.3 Å². The van der Waals surface area contributed by atoms with Crippen molar-refractivity contribution in [2.75, 3.05) is 0 Å². The number of halogens is 3. The lowest BCUT2D eigenvalue weighted by Crippen LogP contribution is -2.20. The highest BCUT2D eigenvalue weighted by atomic mass is 79.9. The Morgan fingerprint density at radius 3 is 2.36 bits per heavy atom. The number of alkyl halides is 3. The summed E-state index contributed by atoms with van der Waals surface area (Å²) in [6.07, 6.45) is 0. The number of hydrogen-bond donors (Lipinski definition) is 0. The van der Waals surface area contributed by atoms with Crippen LogP contribution in [0.25, 0.3) is 0 Å². The highest BCUT2D eigenvalue weighted by Gasteiger charge is 2.20. The fourth-order valence-corrected chi connectivity index (χ4v) is 1.31. The molecule has 0 aliphatic heterocycles. The molecule has 0 aliphatic carbocycles. The second-order valence-corrected chi connectivity index (χ2v) is 3.27. The first kappa shape index (κ1) is 11.3. The number of rotatable bonds is 4. The van der Waals surface area contributed by atoms with Crippen LogP contribution in [-0.4, -0.2) is 17.4 Å². The number of benzene rings is 1. The fourth-order valence-electron chi connectivity index (χ4n) is 0.886. The molecule has 0 heterocycles. The summed E-state index contributed by atoms with van der Waals surface area (Å²) in [6, 6.07) is 8.09. The van der Waals surface area contributed by atoms with Crippen LogP contribution in [0.4, 0.5) is 8.78 Å². The zero-order valence-electron chi connectivity index (χ0n) is 6.99. The SMILES string of the molecule is O=C(c1ccccc1)C(Br)OC(F)F. The average Bonchev–Trinajstić information content (AvgIpc) is 2.17. The largest absolute Gasteiger partial charge is 0.346 e. The summed E-state index contributed by atoms with van der Waals surface area (Å²) in [5.74, 6) is -0.522. The van der Waals surface area contributed by atoms with Crippen LogP contribution in [0.2, 0.25) is 0 Å². The van der Waals surface area contributed by atoms with Gasteiger partial charge in [-0.1, -0.05) is 30.3 Å². The van der Waals surface area contributed by atoms with E-state index in [0.29, 0.717) is 5.56 Å². The number of Topliss-reactive ketones (excluding diaryl/α,β-unsaturated/α-hetero) is 1. The van der Waals surface area contributed by atoms with Crippen molar-refractivity contribution in [1.82, 2.24) is 0 Å². The Morgan fingerprint density at radius 2 is 1.86 bits per heavy atom. The molecule has 1 aromatic rings. The molecule has 5 heteroatoms. The van der Waals surface area contributed by atoms with E-state index in [2.05, 4.69) is 20.7 Å². The van der Waals surface area contributed by atoms with Crippen LogP contribution in [-0.2, 0) is 4.74 Å². The van der Waals surface area contributed by atoms with Gasteiger partial charge in [-0.15, -0.1) is 0 Å². The quantitative estimate of drug-likeness (QED) is 0.618. The summed E-state index contributed by atoms with van der Waals surface area (Å²) in [5.41, 5.74) is 0.329. The van der Waals surface area contributed by atoms with Crippen molar-refractivity contribution in [3.63, 3.8) is 0 Å². The van der Waals surface area contributed by atoms with Crippen molar-refractivity contribution in [3.8, 4) is 0 Å². The molecule has 1 aromatic carbocycles. The lowest BCUT2D eigenvalue weighted by molar-refractivity contribution is -0.127. The molecule has 0 spiro atoms. The lowest BCUT2D eigenvalue weighted by atomic mass is 10.1. The zero-order valence-corrected chi connectivity index (χ0v) is 8.58. The minimum absolute atomic E-state index is 0.329. The maximum Gasteiger partial charge on any atom is 0.346 e. The molecule has 14 heavy (non-hydrogen) atoms. The Kier molecular flexibility index (Phi) is 4.16. The number of carbonyl (C=O) groups excluding carboxylic acids is 1. The van der Waals surface area contributed by atoms with Gasteiger partial charge in [0.2, 0.25) is 5.78 Å². The first-order chi connectivity index (χ1) is 6.61. The number of ketones is 1. The van der Waals surface area contributed by atoms with Crippen LogP contribution >= 0.6 is 15.9 Å². The smallest absolute Gasteiger partial charge is 0.300 e. The first-order valence-electron chi connectivity index (χ1n) is 3.78. The standard InChI is InChI=1S/C9H7BrF2O2/c10-8(14-9(11)12)7(13)6-4-2-1-3-5-6/h1-5,8-9H. The highest BCUT2D eigenvalue weighted by Crippen LogP contribution is 2.14. The van der Waals surface area contributed by atoms with Crippen molar-refractivity contribution < 1.29 is 18.3 Å². The molecule has 0 amide bonds. The Bertz CT molecular complexity index is 303. The minimum Gasteiger partial charge on any atom is -0.300 e. The Morgan fingerprint density at radius 1 is 1.29 bits per heavy atom. The normalized spacial score (nSPS) is 12.9. The van der Waals surface area contributed by atoms with E-state index in [1.54, 1.807) is 18.2 Å². The number of carbonyl (C=O) groups is 1. The van der Waals surface area contributed by atoms with Crippen LogP contribution in [0.3, 0.4) is 0 Å². The highest BCUT2D eigenvalue weighted by molar-refractivity contribution is 9.09. The van der Waals surface area contributed by atoms with Crippen molar-refractivity contribution in [3.05, 3.63) is 35.9 Å². The van der Waals surface area contributed by atoms with Crippen molar-refractivity contribution >= 4 is 21.7 Å². The third-order valence-electron chi connectivity index (χ3n) is 1.49. The summed E-state index contributed by atoms with van der Waals surface area (Å²) < 4.78 is 27.5. The lowest BCUT2D eigenvalue weighted by Gasteiger charge is -2.08. The zero-order chi connectivity index (χ0) is 10.6. The van der Waals surface area contributed by atoms with E-state index in [0.717, 1.165) is 0 Å². The molecule has 0 aromatic heterocycles. The van der Waals surface area contributed by atoms with Gasteiger partial charge in [-0.05, 0) is 15.9 Å². The van der Waals surface area contributed by atoms with Crippen LogP contribution in [0.1, 0.15) is 10.4 Å². The molecule has 1 rings (SSSR count). The molecule has 1 atom stereocenters. The van der Waals surface area contributed by atoms with E-state index in [9.17, 15) is 13.6 Å². The van der Waals surface area contributed by atoms with Crippen LogP contribution in [0.5, 0.6) is 0 Å². The second-order valence-electron chi connectivity index (χ2n) is 2.44. The molecule has 76 valence electrons. The van der Waals surface area contributed by atoms with E-state index in [1.165, 1.54) is 12.1 Å². The Balaban J connectivity index is 2.66. The van der Waals surface area contributed by atoms with E-state index >= 15 is 0 Å². The fraction of sp³-hybridized carbons (Fsp3) is 0.222. The monoisotopic (exact) mass is 264 g/mol. The van der Waals surface area contributed by atoms with Gasteiger partial charge in [0.05, 0.1) is 0 Å². The maximum absolute atomic E-state index is 11.8. The Hall–Kier alpha value is -0.810. The van der Waals surface area contributed by atoms with Gasteiger partial charge >= 0.3 is 6.61 Å². The van der Waals surface area contributed by atoms with E-state index in [4.69, 9.17) is 0 Å². The molecular formula is C9H7BrF2O2. The third kappa shape index (κ3) is 3.16. The molecule has 0 bridgehead atoms. The van der Waals surface area contributed by atoms with E-state index in [-0.39, 0.29) is 0 Å². The Labute approximate surface area is 88.0 Å². The summed E-state index contributed by atoms with van der Waals surface area (Å²) in [4.78, 5) is 11.4. The van der Waals surface area contributed by atoms with Crippen molar-refractivity contribution in [1.29, 1.82) is 0 Å². The third-order valence-corrected chi connectivity index (χ3v) is 2.12. The van der Waals surface area contributed by atoms with Gasteiger partial charge in [0, 0.05) is 5.56 Å². The van der Waals surface area contributed by atoms with Gasteiger partial charge < -0.3 is 0 Å². The molecule has 0 saturated heterocycles. The van der Waals surface area contributed by atoms with Crippen molar-refractivity contribution in [2.24, 2.45) is 0 Å². The van der Waals surface area contributed by atoms with Crippen LogP contribution < -0.4 is 0 Å². The minimum atomic E-state index is -2.97.